The topological polar surface area (TPSA) is 56.5 Å². The van der Waals surface area contributed by atoms with Crippen LogP contribution in [-0.2, 0) is 0 Å². The van der Waals surface area contributed by atoms with Gasteiger partial charge in [0.1, 0.15) is 22.9 Å². The predicted octanol–water partition coefficient (Wildman–Crippen LogP) is 3.38. The lowest BCUT2D eigenvalue weighted by Gasteiger charge is -2.07. The van der Waals surface area contributed by atoms with Crippen molar-refractivity contribution in [3.8, 4) is 28.7 Å². The zero-order valence-corrected chi connectivity index (χ0v) is 11.4. The molecule has 3 aromatic rings. The lowest BCUT2D eigenvalue weighted by Crippen LogP contribution is -1.97. The summed E-state index contributed by atoms with van der Waals surface area (Å²) >= 11 is 0. The highest BCUT2D eigenvalue weighted by Gasteiger charge is 2.07. The largest absolute Gasteiger partial charge is 0.508 e. The van der Waals surface area contributed by atoms with Crippen LogP contribution in [0.1, 0.15) is 0 Å². The first kappa shape index (κ1) is 13.1. The van der Waals surface area contributed by atoms with Gasteiger partial charge in [0.25, 0.3) is 0 Å². The molecule has 5 nitrogen and oxygen atoms in total. The Bertz CT molecular complexity index is 735. The van der Waals surface area contributed by atoms with Crippen molar-refractivity contribution in [3.05, 3.63) is 60.9 Å². The van der Waals surface area contributed by atoms with E-state index in [-0.39, 0.29) is 5.75 Å². The molecule has 0 amide bonds. The highest BCUT2D eigenvalue weighted by atomic mass is 16.5. The summed E-state index contributed by atoms with van der Waals surface area (Å²) in [7, 11) is 1.62. The minimum Gasteiger partial charge on any atom is -0.508 e. The maximum absolute atomic E-state index is 9.25. The molecule has 0 spiro atoms. The summed E-state index contributed by atoms with van der Waals surface area (Å²) in [5.74, 6) is 2.17. The van der Waals surface area contributed by atoms with Crippen molar-refractivity contribution in [1.29, 1.82) is 0 Å². The smallest absolute Gasteiger partial charge is 0.165 e. The van der Waals surface area contributed by atoms with Crippen LogP contribution in [0, 0.1) is 0 Å². The summed E-state index contributed by atoms with van der Waals surface area (Å²) in [6.07, 6.45) is 3.39. The van der Waals surface area contributed by atoms with Crippen molar-refractivity contribution in [1.82, 2.24) is 9.78 Å². The standard InChI is InChI=1S/C16H14N2O3/c1-20-16-5-3-2-4-15(16)18-11-14(10-17-18)21-13-8-6-12(19)7-9-13/h2-11,19H,1H3. The Morgan fingerprint density at radius 2 is 1.76 bits per heavy atom. The first-order valence-corrected chi connectivity index (χ1v) is 6.41. The lowest BCUT2D eigenvalue weighted by molar-refractivity contribution is 0.411. The second-order valence-corrected chi connectivity index (χ2v) is 4.39. The van der Waals surface area contributed by atoms with Crippen LogP contribution in [0.4, 0.5) is 0 Å². The highest BCUT2D eigenvalue weighted by molar-refractivity contribution is 5.46. The predicted molar refractivity (Wildman–Crippen MR) is 78.3 cm³/mol. The molecule has 0 aliphatic rings. The average Bonchev–Trinajstić information content (AvgIpc) is 2.98. The van der Waals surface area contributed by atoms with Gasteiger partial charge in [0.2, 0.25) is 0 Å². The number of rotatable bonds is 4. The molecule has 0 unspecified atom stereocenters. The quantitative estimate of drug-likeness (QED) is 0.797. The summed E-state index contributed by atoms with van der Waals surface area (Å²) in [5, 5.41) is 13.5. The van der Waals surface area contributed by atoms with E-state index in [1.165, 1.54) is 0 Å². The van der Waals surface area contributed by atoms with Gasteiger partial charge < -0.3 is 14.6 Å². The first-order valence-electron chi connectivity index (χ1n) is 6.41. The van der Waals surface area contributed by atoms with E-state index in [9.17, 15) is 5.11 Å². The van der Waals surface area contributed by atoms with E-state index < -0.39 is 0 Å². The normalized spacial score (nSPS) is 10.3. The van der Waals surface area contributed by atoms with Gasteiger partial charge in [-0.25, -0.2) is 4.68 Å². The molecular weight excluding hydrogens is 268 g/mol. The highest BCUT2D eigenvalue weighted by Crippen LogP contribution is 2.26. The van der Waals surface area contributed by atoms with Crippen molar-refractivity contribution in [2.45, 2.75) is 0 Å². The fraction of sp³-hybridized carbons (Fsp3) is 0.0625. The summed E-state index contributed by atoms with van der Waals surface area (Å²) in [6.45, 7) is 0. The van der Waals surface area contributed by atoms with E-state index >= 15 is 0 Å². The molecule has 0 bridgehead atoms. The third-order valence-corrected chi connectivity index (χ3v) is 2.96. The Kier molecular flexibility index (Phi) is 3.47. The molecule has 3 rings (SSSR count). The number of phenolic OH excluding ortho intramolecular Hbond substituents is 1. The molecule has 1 N–H and O–H groups in total. The second kappa shape index (κ2) is 5.58. The van der Waals surface area contributed by atoms with Gasteiger partial charge in [0.05, 0.1) is 19.5 Å². The Hall–Kier alpha value is -2.95. The lowest BCUT2D eigenvalue weighted by atomic mass is 10.3. The SMILES string of the molecule is COc1ccccc1-n1cc(Oc2ccc(O)cc2)cn1. The van der Waals surface area contributed by atoms with Crippen LogP contribution in [-0.4, -0.2) is 22.0 Å². The minimum absolute atomic E-state index is 0.201. The van der Waals surface area contributed by atoms with Crippen LogP contribution in [0.25, 0.3) is 5.69 Å². The number of para-hydroxylation sites is 2. The number of benzene rings is 2. The van der Waals surface area contributed by atoms with Gasteiger partial charge in [-0.3, -0.25) is 0 Å². The molecule has 0 radical (unpaired) electrons. The summed E-state index contributed by atoms with van der Waals surface area (Å²) in [4.78, 5) is 0. The molecule has 0 saturated carbocycles. The van der Waals surface area contributed by atoms with E-state index in [1.807, 2.05) is 24.3 Å². The third-order valence-electron chi connectivity index (χ3n) is 2.96. The van der Waals surface area contributed by atoms with Crippen LogP contribution >= 0.6 is 0 Å². The van der Waals surface area contributed by atoms with Crippen LogP contribution in [0.5, 0.6) is 23.0 Å². The molecule has 0 atom stereocenters. The second-order valence-electron chi connectivity index (χ2n) is 4.39. The maximum atomic E-state index is 9.25. The van der Waals surface area contributed by atoms with Gasteiger partial charge in [-0.05, 0) is 36.4 Å². The molecule has 1 heterocycles. The van der Waals surface area contributed by atoms with E-state index in [1.54, 1.807) is 48.5 Å². The molecule has 21 heavy (non-hydrogen) atoms. The summed E-state index contributed by atoms with van der Waals surface area (Å²) in [5.41, 5.74) is 0.834. The number of ether oxygens (including phenoxy) is 2. The average molecular weight is 282 g/mol. The Labute approximate surface area is 122 Å². The van der Waals surface area contributed by atoms with Crippen LogP contribution in [0.15, 0.2) is 60.9 Å². The van der Waals surface area contributed by atoms with Gasteiger partial charge in [-0.1, -0.05) is 12.1 Å². The van der Waals surface area contributed by atoms with E-state index in [2.05, 4.69) is 5.10 Å². The van der Waals surface area contributed by atoms with Gasteiger partial charge in [-0.15, -0.1) is 0 Å². The third kappa shape index (κ3) is 2.81. The summed E-state index contributed by atoms with van der Waals surface area (Å²) in [6, 6.07) is 14.1. The fourth-order valence-electron chi connectivity index (χ4n) is 1.96. The number of hydrogen-bond donors (Lipinski definition) is 1. The van der Waals surface area contributed by atoms with Crippen molar-refractivity contribution < 1.29 is 14.6 Å². The minimum atomic E-state index is 0.201. The van der Waals surface area contributed by atoms with E-state index in [0.717, 1.165) is 11.4 Å². The van der Waals surface area contributed by atoms with Crippen molar-refractivity contribution in [3.63, 3.8) is 0 Å². The van der Waals surface area contributed by atoms with Crippen molar-refractivity contribution in [2.24, 2.45) is 0 Å². The molecule has 0 aliphatic carbocycles. The van der Waals surface area contributed by atoms with Gasteiger partial charge in [0, 0.05) is 0 Å². The number of hydrogen-bond acceptors (Lipinski definition) is 4. The Morgan fingerprint density at radius 1 is 1.00 bits per heavy atom. The maximum Gasteiger partial charge on any atom is 0.165 e. The Balaban J connectivity index is 1.84. The monoisotopic (exact) mass is 282 g/mol. The van der Waals surface area contributed by atoms with Crippen LogP contribution < -0.4 is 9.47 Å². The number of methoxy groups -OCH3 is 1. The molecule has 5 heteroatoms. The molecule has 0 fully saturated rings. The first-order chi connectivity index (χ1) is 10.3. The summed E-state index contributed by atoms with van der Waals surface area (Å²) < 4.78 is 12.7. The van der Waals surface area contributed by atoms with Crippen molar-refractivity contribution in [2.75, 3.05) is 7.11 Å². The van der Waals surface area contributed by atoms with Gasteiger partial charge >= 0.3 is 0 Å². The number of aromatic hydroxyl groups is 1. The van der Waals surface area contributed by atoms with Crippen LogP contribution in [0.3, 0.4) is 0 Å². The van der Waals surface area contributed by atoms with Gasteiger partial charge in [0.15, 0.2) is 5.75 Å². The zero-order chi connectivity index (χ0) is 14.7. The number of phenols is 1. The molecule has 0 aliphatic heterocycles. The van der Waals surface area contributed by atoms with Crippen LogP contribution in [0.2, 0.25) is 0 Å². The van der Waals surface area contributed by atoms with E-state index in [4.69, 9.17) is 9.47 Å². The number of aromatic nitrogens is 2. The molecule has 2 aromatic carbocycles. The number of nitrogens with zero attached hydrogens (tertiary/aromatic N) is 2. The van der Waals surface area contributed by atoms with E-state index in [0.29, 0.717) is 11.5 Å². The molecule has 106 valence electrons. The van der Waals surface area contributed by atoms with Crippen molar-refractivity contribution >= 4 is 0 Å². The zero-order valence-electron chi connectivity index (χ0n) is 11.4. The van der Waals surface area contributed by atoms with Gasteiger partial charge in [-0.2, -0.15) is 5.10 Å². The Morgan fingerprint density at radius 3 is 2.52 bits per heavy atom. The fourth-order valence-corrected chi connectivity index (χ4v) is 1.96. The molecule has 0 saturated heterocycles. The molecular formula is C16H14N2O3. The molecule has 1 aromatic heterocycles.